The molecule has 1 N–H and O–H groups in total. The van der Waals surface area contributed by atoms with Crippen molar-refractivity contribution < 1.29 is 0 Å². The van der Waals surface area contributed by atoms with Crippen LogP contribution in [-0.2, 0) is 0 Å². The van der Waals surface area contributed by atoms with Crippen molar-refractivity contribution >= 4 is 11.8 Å². The second kappa shape index (κ2) is 2.98. The summed E-state index contributed by atoms with van der Waals surface area (Å²) < 4.78 is 0. The van der Waals surface area contributed by atoms with Gasteiger partial charge in [0.2, 0.25) is 0 Å². The molecule has 0 aliphatic carbocycles. The Hall–Kier alpha value is 0.310. The molecule has 0 aromatic heterocycles. The van der Waals surface area contributed by atoms with E-state index in [-0.39, 0.29) is 0 Å². The number of hydrogen-bond acceptors (Lipinski definition) is 2. The van der Waals surface area contributed by atoms with Gasteiger partial charge in [-0.05, 0) is 43.9 Å². The summed E-state index contributed by atoms with van der Waals surface area (Å²) >= 11 is 2.15. The zero-order chi connectivity index (χ0) is 7.73. The number of hydrogen-bond donors (Lipinski definition) is 1. The SMILES string of the molecule is CC1NCCC12CCCSC2. The highest BCUT2D eigenvalue weighted by Gasteiger charge is 2.40. The molecule has 2 atom stereocenters. The summed E-state index contributed by atoms with van der Waals surface area (Å²) in [5, 5.41) is 3.57. The third-order valence-corrected chi connectivity index (χ3v) is 4.70. The first-order chi connectivity index (χ1) is 5.33. The number of nitrogens with one attached hydrogen (secondary N) is 1. The fourth-order valence-electron chi connectivity index (χ4n) is 2.38. The van der Waals surface area contributed by atoms with E-state index in [1.165, 1.54) is 37.3 Å². The van der Waals surface area contributed by atoms with Crippen molar-refractivity contribution in [2.45, 2.75) is 32.2 Å². The lowest BCUT2D eigenvalue weighted by molar-refractivity contribution is 0.270. The van der Waals surface area contributed by atoms with Crippen molar-refractivity contribution in [2.24, 2.45) is 5.41 Å². The van der Waals surface area contributed by atoms with E-state index in [1.54, 1.807) is 0 Å². The predicted molar refractivity (Wildman–Crippen MR) is 51.1 cm³/mol. The molecule has 2 aliphatic rings. The zero-order valence-corrected chi connectivity index (χ0v) is 8.04. The van der Waals surface area contributed by atoms with E-state index in [0.717, 1.165) is 6.04 Å². The zero-order valence-electron chi connectivity index (χ0n) is 7.23. The lowest BCUT2D eigenvalue weighted by Gasteiger charge is -2.36. The van der Waals surface area contributed by atoms with Crippen LogP contribution in [0.4, 0.5) is 0 Å². The third-order valence-electron chi connectivity index (χ3n) is 3.34. The van der Waals surface area contributed by atoms with Crippen molar-refractivity contribution in [3.05, 3.63) is 0 Å². The highest BCUT2D eigenvalue weighted by molar-refractivity contribution is 7.99. The Morgan fingerprint density at radius 2 is 2.36 bits per heavy atom. The highest BCUT2D eigenvalue weighted by atomic mass is 32.2. The van der Waals surface area contributed by atoms with Crippen molar-refractivity contribution in [3.8, 4) is 0 Å². The molecular weight excluding hydrogens is 154 g/mol. The summed E-state index contributed by atoms with van der Waals surface area (Å²) in [6.45, 7) is 3.61. The van der Waals surface area contributed by atoms with Gasteiger partial charge in [0.1, 0.15) is 0 Å². The minimum atomic E-state index is 0.683. The topological polar surface area (TPSA) is 12.0 Å². The summed E-state index contributed by atoms with van der Waals surface area (Å²) in [7, 11) is 0. The van der Waals surface area contributed by atoms with Gasteiger partial charge in [0.15, 0.2) is 0 Å². The van der Waals surface area contributed by atoms with Crippen LogP contribution in [0.1, 0.15) is 26.2 Å². The molecule has 0 aromatic carbocycles. The summed E-state index contributed by atoms with van der Waals surface area (Å²) in [6.07, 6.45) is 4.33. The Bertz CT molecular complexity index is 140. The molecule has 2 aliphatic heterocycles. The van der Waals surface area contributed by atoms with Crippen LogP contribution in [0, 0.1) is 5.41 Å². The van der Waals surface area contributed by atoms with Crippen molar-refractivity contribution in [1.29, 1.82) is 0 Å². The second-order valence-corrected chi connectivity index (χ2v) is 5.05. The molecule has 1 spiro atoms. The Morgan fingerprint density at radius 3 is 2.91 bits per heavy atom. The molecule has 0 amide bonds. The molecule has 64 valence electrons. The molecule has 0 saturated carbocycles. The maximum absolute atomic E-state index is 3.57. The predicted octanol–water partition coefficient (Wildman–Crippen LogP) is 1.88. The molecule has 2 saturated heterocycles. The molecule has 0 aromatic rings. The van der Waals surface area contributed by atoms with Crippen LogP contribution >= 0.6 is 11.8 Å². The molecule has 1 nitrogen and oxygen atoms in total. The Labute approximate surface area is 73.3 Å². The molecule has 2 heterocycles. The van der Waals surface area contributed by atoms with Crippen LogP contribution in [0.3, 0.4) is 0 Å². The number of thioether (sulfide) groups is 1. The third kappa shape index (κ3) is 1.31. The molecular formula is C9H17NS. The van der Waals surface area contributed by atoms with Gasteiger partial charge in [-0.1, -0.05) is 0 Å². The van der Waals surface area contributed by atoms with E-state index in [0.29, 0.717) is 5.41 Å². The van der Waals surface area contributed by atoms with Gasteiger partial charge in [-0.25, -0.2) is 0 Å². The molecule has 11 heavy (non-hydrogen) atoms. The van der Waals surface area contributed by atoms with Gasteiger partial charge in [0.05, 0.1) is 0 Å². The van der Waals surface area contributed by atoms with Gasteiger partial charge in [-0.2, -0.15) is 11.8 Å². The van der Waals surface area contributed by atoms with Crippen molar-refractivity contribution in [1.82, 2.24) is 5.32 Å². The average molecular weight is 171 g/mol. The second-order valence-electron chi connectivity index (χ2n) is 3.94. The van der Waals surface area contributed by atoms with E-state index in [1.807, 2.05) is 0 Å². The van der Waals surface area contributed by atoms with Crippen LogP contribution in [0.15, 0.2) is 0 Å². The van der Waals surface area contributed by atoms with E-state index < -0.39 is 0 Å². The minimum absolute atomic E-state index is 0.683. The summed E-state index contributed by atoms with van der Waals surface area (Å²) in [6, 6.07) is 0.773. The van der Waals surface area contributed by atoms with Crippen LogP contribution in [0.5, 0.6) is 0 Å². The molecule has 2 unspecified atom stereocenters. The minimum Gasteiger partial charge on any atom is -0.314 e. The lowest BCUT2D eigenvalue weighted by Crippen LogP contribution is -2.38. The first-order valence-electron chi connectivity index (χ1n) is 4.65. The normalized spacial score (nSPS) is 45.0. The van der Waals surface area contributed by atoms with Crippen LogP contribution in [0.2, 0.25) is 0 Å². The largest absolute Gasteiger partial charge is 0.314 e. The molecule has 2 fully saturated rings. The fraction of sp³-hybridized carbons (Fsp3) is 1.00. The maximum Gasteiger partial charge on any atom is 0.0104 e. The van der Waals surface area contributed by atoms with Gasteiger partial charge >= 0.3 is 0 Å². The average Bonchev–Trinajstić information content (AvgIpc) is 2.36. The molecule has 0 radical (unpaired) electrons. The van der Waals surface area contributed by atoms with E-state index in [9.17, 15) is 0 Å². The van der Waals surface area contributed by atoms with Crippen LogP contribution in [-0.4, -0.2) is 24.1 Å². The summed E-state index contributed by atoms with van der Waals surface area (Å²) in [5.74, 6) is 2.80. The molecule has 2 heteroatoms. The van der Waals surface area contributed by atoms with Crippen LogP contribution in [0.25, 0.3) is 0 Å². The Kier molecular flexibility index (Phi) is 2.15. The molecule has 0 bridgehead atoms. The molecule has 2 rings (SSSR count). The number of rotatable bonds is 0. The van der Waals surface area contributed by atoms with Crippen molar-refractivity contribution in [3.63, 3.8) is 0 Å². The first kappa shape index (κ1) is 7.93. The van der Waals surface area contributed by atoms with E-state index in [2.05, 4.69) is 24.0 Å². The Balaban J connectivity index is 2.06. The quantitative estimate of drug-likeness (QED) is 0.597. The summed E-state index contributed by atoms with van der Waals surface area (Å²) in [5.41, 5.74) is 0.683. The van der Waals surface area contributed by atoms with Crippen molar-refractivity contribution in [2.75, 3.05) is 18.1 Å². The van der Waals surface area contributed by atoms with E-state index >= 15 is 0 Å². The van der Waals surface area contributed by atoms with Gasteiger partial charge in [-0.15, -0.1) is 0 Å². The van der Waals surface area contributed by atoms with E-state index in [4.69, 9.17) is 0 Å². The fourth-order valence-corrected chi connectivity index (χ4v) is 3.82. The van der Waals surface area contributed by atoms with Gasteiger partial charge in [0.25, 0.3) is 0 Å². The summed E-state index contributed by atoms with van der Waals surface area (Å²) in [4.78, 5) is 0. The smallest absolute Gasteiger partial charge is 0.0104 e. The standard InChI is InChI=1S/C9H17NS/c1-8-9(4-5-10-8)3-2-6-11-7-9/h8,10H,2-7H2,1H3. The van der Waals surface area contributed by atoms with Gasteiger partial charge in [0, 0.05) is 11.8 Å². The monoisotopic (exact) mass is 171 g/mol. The van der Waals surface area contributed by atoms with Gasteiger partial charge < -0.3 is 5.32 Å². The van der Waals surface area contributed by atoms with Crippen LogP contribution < -0.4 is 5.32 Å². The lowest BCUT2D eigenvalue weighted by atomic mass is 9.79. The Morgan fingerprint density at radius 1 is 1.45 bits per heavy atom. The van der Waals surface area contributed by atoms with Gasteiger partial charge in [-0.3, -0.25) is 0 Å². The highest BCUT2D eigenvalue weighted by Crippen LogP contribution is 2.42. The first-order valence-corrected chi connectivity index (χ1v) is 5.80. The maximum atomic E-state index is 3.57.